The third-order valence-electron chi connectivity index (χ3n) is 6.10. The zero-order valence-corrected chi connectivity index (χ0v) is 16.3. The lowest BCUT2D eigenvalue weighted by atomic mass is 9.76. The number of aromatic amines is 1. The maximum Gasteiger partial charge on any atom is 0.251 e. The van der Waals surface area contributed by atoms with Gasteiger partial charge in [-0.25, -0.2) is 0 Å². The summed E-state index contributed by atoms with van der Waals surface area (Å²) in [5, 5.41) is 0. The Balaban J connectivity index is 1.66. The molecule has 3 heterocycles. The van der Waals surface area contributed by atoms with Crippen molar-refractivity contribution in [2.24, 2.45) is 0 Å². The number of hydrogen-bond donors (Lipinski definition) is 1. The lowest BCUT2D eigenvalue weighted by molar-refractivity contribution is 0.122. The monoisotopic (exact) mass is 367 g/mol. The molecule has 0 spiro atoms. The van der Waals surface area contributed by atoms with E-state index in [1.165, 1.54) is 5.56 Å². The van der Waals surface area contributed by atoms with Gasteiger partial charge in [0.25, 0.3) is 5.56 Å². The second-order valence-electron chi connectivity index (χ2n) is 8.13. The van der Waals surface area contributed by atoms with Crippen LogP contribution in [0.15, 0.2) is 47.3 Å². The molecule has 1 aromatic carbocycles. The number of pyridine rings is 1. The normalized spacial score (nSPS) is 20.9. The van der Waals surface area contributed by atoms with Gasteiger partial charge in [-0.15, -0.1) is 0 Å². The van der Waals surface area contributed by atoms with E-state index in [-0.39, 0.29) is 11.0 Å². The Morgan fingerprint density at radius 1 is 1.07 bits per heavy atom. The Bertz CT molecular complexity index is 825. The molecule has 0 bridgehead atoms. The Morgan fingerprint density at radius 2 is 1.81 bits per heavy atom. The first-order valence-corrected chi connectivity index (χ1v) is 9.95. The second-order valence-corrected chi connectivity index (χ2v) is 8.13. The number of morpholine rings is 1. The molecular weight excluding hydrogens is 338 g/mol. The van der Waals surface area contributed by atoms with Gasteiger partial charge in [0, 0.05) is 48.9 Å². The zero-order valence-electron chi connectivity index (χ0n) is 16.3. The molecule has 5 nitrogen and oxygen atoms in total. The summed E-state index contributed by atoms with van der Waals surface area (Å²) in [5.74, 6) is 0.940. The van der Waals surface area contributed by atoms with Gasteiger partial charge < -0.3 is 19.5 Å². The average Bonchev–Trinajstić information content (AvgIpc) is 3.20. The van der Waals surface area contributed by atoms with Gasteiger partial charge in [-0.1, -0.05) is 44.2 Å². The zero-order chi connectivity index (χ0) is 18.9. The summed E-state index contributed by atoms with van der Waals surface area (Å²) in [6.45, 7) is 8.71. The number of ether oxygens (including phenoxy) is 1. The van der Waals surface area contributed by atoms with Crippen molar-refractivity contribution in [1.82, 2.24) is 4.98 Å². The lowest BCUT2D eigenvalue weighted by Gasteiger charge is -2.39. The number of nitrogens with one attached hydrogen (secondary N) is 1. The van der Waals surface area contributed by atoms with Crippen LogP contribution in [0.25, 0.3) is 0 Å². The van der Waals surface area contributed by atoms with E-state index in [1.807, 2.05) is 0 Å². The van der Waals surface area contributed by atoms with Crippen LogP contribution in [0.1, 0.15) is 32.3 Å². The molecule has 2 saturated heterocycles. The van der Waals surface area contributed by atoms with Crippen molar-refractivity contribution < 1.29 is 4.74 Å². The number of nitrogens with zero attached hydrogens (tertiary/aromatic N) is 2. The third-order valence-corrected chi connectivity index (χ3v) is 6.10. The van der Waals surface area contributed by atoms with E-state index >= 15 is 0 Å². The van der Waals surface area contributed by atoms with Gasteiger partial charge in [-0.05, 0) is 18.4 Å². The molecule has 1 atom stereocenters. The van der Waals surface area contributed by atoms with E-state index < -0.39 is 0 Å². The number of hydrogen-bond acceptors (Lipinski definition) is 4. The van der Waals surface area contributed by atoms with E-state index in [0.29, 0.717) is 6.04 Å². The molecule has 2 aliphatic heterocycles. The third kappa shape index (κ3) is 3.61. The Morgan fingerprint density at radius 3 is 2.56 bits per heavy atom. The van der Waals surface area contributed by atoms with Crippen molar-refractivity contribution in [3.05, 3.63) is 58.4 Å². The highest BCUT2D eigenvalue weighted by Crippen LogP contribution is 2.38. The number of benzene rings is 1. The molecule has 0 aliphatic carbocycles. The predicted octanol–water partition coefficient (Wildman–Crippen LogP) is 3.16. The predicted molar refractivity (Wildman–Crippen MR) is 110 cm³/mol. The molecule has 2 aromatic rings. The van der Waals surface area contributed by atoms with Crippen molar-refractivity contribution in [2.45, 2.75) is 38.1 Å². The molecule has 0 saturated carbocycles. The van der Waals surface area contributed by atoms with Crippen LogP contribution in [0.5, 0.6) is 0 Å². The quantitative estimate of drug-likeness (QED) is 0.902. The van der Waals surface area contributed by atoms with Crippen molar-refractivity contribution in [3.63, 3.8) is 0 Å². The fourth-order valence-electron chi connectivity index (χ4n) is 4.54. The van der Waals surface area contributed by atoms with E-state index in [0.717, 1.165) is 57.2 Å². The van der Waals surface area contributed by atoms with Crippen LogP contribution in [0, 0.1) is 0 Å². The summed E-state index contributed by atoms with van der Waals surface area (Å²) >= 11 is 0. The van der Waals surface area contributed by atoms with Gasteiger partial charge in [0.05, 0.1) is 13.2 Å². The first-order chi connectivity index (χ1) is 13.1. The fourth-order valence-corrected chi connectivity index (χ4v) is 4.54. The molecule has 0 radical (unpaired) electrons. The van der Waals surface area contributed by atoms with Crippen LogP contribution in [0.2, 0.25) is 0 Å². The van der Waals surface area contributed by atoms with Gasteiger partial charge in [0.1, 0.15) is 5.82 Å². The Hall–Kier alpha value is -2.27. The van der Waals surface area contributed by atoms with Gasteiger partial charge in [-0.3, -0.25) is 4.79 Å². The summed E-state index contributed by atoms with van der Waals surface area (Å²) in [5.41, 5.74) is 2.31. The molecule has 144 valence electrons. The van der Waals surface area contributed by atoms with Crippen molar-refractivity contribution in [1.29, 1.82) is 0 Å². The Labute approximate surface area is 161 Å². The molecule has 2 aliphatic rings. The molecule has 2 fully saturated rings. The summed E-state index contributed by atoms with van der Waals surface area (Å²) < 4.78 is 5.45. The number of anilines is 2. The van der Waals surface area contributed by atoms with Crippen LogP contribution in [-0.4, -0.2) is 43.9 Å². The molecule has 0 unspecified atom stereocenters. The minimum absolute atomic E-state index is 0.00359. The highest BCUT2D eigenvalue weighted by atomic mass is 16.5. The fraction of sp³-hybridized carbons (Fsp3) is 0.500. The van der Waals surface area contributed by atoms with Crippen LogP contribution in [0.3, 0.4) is 0 Å². The molecule has 27 heavy (non-hydrogen) atoms. The van der Waals surface area contributed by atoms with Crippen LogP contribution in [-0.2, 0) is 10.2 Å². The van der Waals surface area contributed by atoms with Gasteiger partial charge >= 0.3 is 0 Å². The van der Waals surface area contributed by atoms with Gasteiger partial charge in [0.2, 0.25) is 0 Å². The first-order valence-electron chi connectivity index (χ1n) is 9.95. The highest BCUT2D eigenvalue weighted by Gasteiger charge is 2.39. The van der Waals surface area contributed by atoms with Crippen LogP contribution >= 0.6 is 0 Å². The number of H-pyrrole nitrogens is 1. The number of aromatic nitrogens is 1. The summed E-state index contributed by atoms with van der Waals surface area (Å²) in [6, 6.07) is 14.9. The minimum Gasteiger partial charge on any atom is -0.378 e. The van der Waals surface area contributed by atoms with E-state index in [9.17, 15) is 4.79 Å². The van der Waals surface area contributed by atoms with Crippen LogP contribution in [0.4, 0.5) is 11.5 Å². The lowest BCUT2D eigenvalue weighted by Crippen LogP contribution is -2.45. The van der Waals surface area contributed by atoms with E-state index in [4.69, 9.17) is 4.74 Å². The summed E-state index contributed by atoms with van der Waals surface area (Å²) in [7, 11) is 0. The molecular formula is C22H29N3O2. The smallest absolute Gasteiger partial charge is 0.251 e. The standard InChI is InChI=1S/C22H29N3O2/c1-22(2,17-7-4-3-5-8-17)19-9-6-10-25(19)20-15-18(16-21(26)23-20)24-11-13-27-14-12-24/h3-5,7-8,15-16,19H,6,9-14H2,1-2H3,(H,23,26)/t19-/m0/s1. The minimum atomic E-state index is -0.0304. The summed E-state index contributed by atoms with van der Waals surface area (Å²) in [4.78, 5) is 20.1. The molecule has 5 heteroatoms. The number of rotatable bonds is 4. The average molecular weight is 367 g/mol. The van der Waals surface area contributed by atoms with Crippen LogP contribution < -0.4 is 15.4 Å². The van der Waals surface area contributed by atoms with Gasteiger partial charge in [0.15, 0.2) is 0 Å². The molecule has 0 amide bonds. The Kier molecular flexibility index (Phi) is 4.96. The highest BCUT2D eigenvalue weighted by molar-refractivity contribution is 5.56. The maximum absolute atomic E-state index is 12.4. The maximum atomic E-state index is 12.4. The second kappa shape index (κ2) is 7.39. The summed E-state index contributed by atoms with van der Waals surface area (Å²) in [6.07, 6.45) is 2.27. The van der Waals surface area contributed by atoms with Crippen molar-refractivity contribution in [3.8, 4) is 0 Å². The topological polar surface area (TPSA) is 48.6 Å². The molecule has 1 aromatic heterocycles. The van der Waals surface area contributed by atoms with Crippen molar-refractivity contribution >= 4 is 11.5 Å². The molecule has 4 rings (SSSR count). The van der Waals surface area contributed by atoms with E-state index in [1.54, 1.807) is 6.07 Å². The van der Waals surface area contributed by atoms with E-state index in [2.05, 4.69) is 65.0 Å². The SMILES string of the molecule is CC(C)(c1ccccc1)[C@@H]1CCCN1c1cc(N2CCOCC2)cc(=O)[nH]1. The first kappa shape index (κ1) is 18.1. The molecule has 1 N–H and O–H groups in total. The van der Waals surface area contributed by atoms with Crippen molar-refractivity contribution in [2.75, 3.05) is 42.6 Å². The van der Waals surface area contributed by atoms with Gasteiger partial charge in [-0.2, -0.15) is 0 Å². The largest absolute Gasteiger partial charge is 0.378 e.